The molecule has 0 radical (unpaired) electrons. The lowest BCUT2D eigenvalue weighted by Crippen LogP contribution is -2.20. The van der Waals surface area contributed by atoms with E-state index in [2.05, 4.69) is 15.9 Å². The molecule has 1 fully saturated rings. The summed E-state index contributed by atoms with van der Waals surface area (Å²) in [6.45, 7) is -0.676. The zero-order valence-corrected chi connectivity index (χ0v) is 12.4. The van der Waals surface area contributed by atoms with Gasteiger partial charge in [-0.2, -0.15) is 0 Å². The number of hydrogen-bond acceptors (Lipinski definition) is 3. The van der Waals surface area contributed by atoms with Crippen LogP contribution in [0.3, 0.4) is 0 Å². The van der Waals surface area contributed by atoms with E-state index in [1.54, 1.807) is 4.57 Å². The molecular formula is C14H11BrFNO4. The van der Waals surface area contributed by atoms with E-state index in [1.165, 1.54) is 12.3 Å². The van der Waals surface area contributed by atoms with E-state index in [9.17, 15) is 19.1 Å². The van der Waals surface area contributed by atoms with Crippen molar-refractivity contribution in [2.45, 2.75) is 25.5 Å². The molecule has 110 valence electrons. The highest BCUT2D eigenvalue weighted by molar-refractivity contribution is 9.10. The maximum absolute atomic E-state index is 14.1. The minimum atomic E-state index is -1.36. The third-order valence-corrected chi connectivity index (χ3v) is 4.22. The van der Waals surface area contributed by atoms with Crippen LogP contribution in [-0.2, 0) is 6.61 Å². The summed E-state index contributed by atoms with van der Waals surface area (Å²) in [4.78, 5) is 23.6. The van der Waals surface area contributed by atoms with Gasteiger partial charge in [0.25, 0.3) is 0 Å². The summed E-state index contributed by atoms with van der Waals surface area (Å²) >= 11 is 3.07. The van der Waals surface area contributed by atoms with E-state index < -0.39 is 29.4 Å². The monoisotopic (exact) mass is 355 g/mol. The van der Waals surface area contributed by atoms with E-state index in [0.29, 0.717) is 5.52 Å². The van der Waals surface area contributed by atoms with Gasteiger partial charge in [0.2, 0.25) is 5.43 Å². The molecule has 1 aliphatic carbocycles. The molecule has 0 bridgehead atoms. The van der Waals surface area contributed by atoms with Crippen molar-refractivity contribution >= 4 is 32.8 Å². The zero-order valence-electron chi connectivity index (χ0n) is 10.8. The Hall–Kier alpha value is -1.73. The van der Waals surface area contributed by atoms with Crippen LogP contribution in [0.4, 0.5) is 4.39 Å². The second-order valence-corrected chi connectivity index (χ2v) is 5.87. The van der Waals surface area contributed by atoms with Gasteiger partial charge < -0.3 is 14.8 Å². The summed E-state index contributed by atoms with van der Waals surface area (Å²) in [5.41, 5.74) is -0.928. The van der Waals surface area contributed by atoms with Gasteiger partial charge in [-0.25, -0.2) is 9.18 Å². The zero-order chi connectivity index (χ0) is 15.3. The Morgan fingerprint density at radius 3 is 2.67 bits per heavy atom. The standard InChI is InChI=1S/C14H11BrFNO4/c15-9-3-10-11(8(5-18)12(9)16)13(19)7(14(20)21)4-17(10)6-1-2-6/h3-4,6,18H,1-2,5H2,(H,20,21). The molecule has 1 saturated carbocycles. The molecule has 0 saturated heterocycles. The van der Waals surface area contributed by atoms with Crippen LogP contribution in [0.2, 0.25) is 0 Å². The number of carboxylic acid groups (broad SMARTS) is 1. The average molecular weight is 356 g/mol. The minimum absolute atomic E-state index is 0.0648. The van der Waals surface area contributed by atoms with Gasteiger partial charge in [0.1, 0.15) is 11.4 Å². The minimum Gasteiger partial charge on any atom is -0.477 e. The van der Waals surface area contributed by atoms with Crippen LogP contribution in [0.25, 0.3) is 10.9 Å². The maximum atomic E-state index is 14.1. The molecule has 1 aromatic carbocycles. The molecule has 3 rings (SSSR count). The molecule has 1 heterocycles. The summed E-state index contributed by atoms with van der Waals surface area (Å²) in [6.07, 6.45) is 3.05. The Kier molecular flexibility index (Phi) is 3.33. The number of fused-ring (bicyclic) bond motifs is 1. The van der Waals surface area contributed by atoms with Gasteiger partial charge in [0.15, 0.2) is 0 Å². The third-order valence-electron chi connectivity index (χ3n) is 3.64. The second kappa shape index (κ2) is 4.92. The van der Waals surface area contributed by atoms with Crippen LogP contribution in [0.5, 0.6) is 0 Å². The SMILES string of the molecule is O=C(O)c1cn(C2CC2)c2cc(Br)c(F)c(CO)c2c1=O. The van der Waals surface area contributed by atoms with Crippen molar-refractivity contribution in [3.8, 4) is 0 Å². The molecule has 2 aromatic rings. The Labute approximate surface area is 126 Å². The molecule has 0 atom stereocenters. The van der Waals surface area contributed by atoms with E-state index in [1.807, 2.05) is 0 Å². The number of carboxylic acids is 1. The first-order valence-corrected chi connectivity index (χ1v) is 7.15. The van der Waals surface area contributed by atoms with Gasteiger partial charge in [-0.15, -0.1) is 0 Å². The number of benzene rings is 1. The second-order valence-electron chi connectivity index (χ2n) is 5.02. The average Bonchev–Trinajstić information content (AvgIpc) is 3.25. The number of aromatic carboxylic acids is 1. The van der Waals surface area contributed by atoms with E-state index in [4.69, 9.17) is 5.11 Å². The molecule has 21 heavy (non-hydrogen) atoms. The summed E-state index contributed by atoms with van der Waals surface area (Å²) in [5, 5.41) is 18.5. The van der Waals surface area contributed by atoms with Crippen molar-refractivity contribution in [1.29, 1.82) is 0 Å². The molecular weight excluding hydrogens is 345 g/mol. The van der Waals surface area contributed by atoms with Crippen molar-refractivity contribution < 1.29 is 19.4 Å². The number of carbonyl (C=O) groups is 1. The first-order chi connectivity index (χ1) is 9.95. The predicted octanol–water partition coefficient (Wildman–Crippen LogP) is 2.43. The fourth-order valence-electron chi connectivity index (χ4n) is 2.48. The normalized spacial score (nSPS) is 14.6. The number of halogens is 2. The van der Waals surface area contributed by atoms with Crippen molar-refractivity contribution in [1.82, 2.24) is 4.57 Å². The molecule has 0 amide bonds. The van der Waals surface area contributed by atoms with E-state index >= 15 is 0 Å². The summed E-state index contributed by atoms with van der Waals surface area (Å²) in [7, 11) is 0. The van der Waals surface area contributed by atoms with Crippen LogP contribution < -0.4 is 5.43 Å². The van der Waals surface area contributed by atoms with E-state index in [-0.39, 0.29) is 21.5 Å². The summed E-state index contributed by atoms with van der Waals surface area (Å²) < 4.78 is 15.9. The van der Waals surface area contributed by atoms with Gasteiger partial charge in [-0.3, -0.25) is 4.79 Å². The Balaban J connectivity index is 2.53. The molecule has 0 spiro atoms. The smallest absolute Gasteiger partial charge is 0.341 e. The fourth-order valence-corrected chi connectivity index (χ4v) is 2.93. The Bertz CT molecular complexity index is 826. The first-order valence-electron chi connectivity index (χ1n) is 6.35. The largest absolute Gasteiger partial charge is 0.477 e. The fraction of sp³-hybridized carbons (Fsp3) is 0.286. The number of hydrogen-bond donors (Lipinski definition) is 2. The number of aliphatic hydroxyl groups excluding tert-OH is 1. The topological polar surface area (TPSA) is 79.5 Å². The van der Waals surface area contributed by atoms with Gasteiger partial charge in [0, 0.05) is 17.8 Å². The highest BCUT2D eigenvalue weighted by Gasteiger charge is 2.28. The lowest BCUT2D eigenvalue weighted by molar-refractivity contribution is 0.0695. The Morgan fingerprint density at radius 1 is 1.48 bits per heavy atom. The molecule has 7 heteroatoms. The van der Waals surface area contributed by atoms with Gasteiger partial charge in [-0.05, 0) is 34.8 Å². The highest BCUT2D eigenvalue weighted by Crippen LogP contribution is 2.38. The van der Waals surface area contributed by atoms with Crippen LogP contribution in [0.1, 0.15) is 34.8 Å². The quantitative estimate of drug-likeness (QED) is 0.885. The number of pyridine rings is 1. The number of rotatable bonds is 3. The first kappa shape index (κ1) is 14.2. The molecule has 0 unspecified atom stereocenters. The van der Waals surface area contributed by atoms with Gasteiger partial charge >= 0.3 is 5.97 Å². The maximum Gasteiger partial charge on any atom is 0.341 e. The number of aliphatic hydroxyl groups is 1. The molecule has 2 N–H and O–H groups in total. The molecule has 5 nitrogen and oxygen atoms in total. The van der Waals surface area contributed by atoms with Crippen molar-refractivity contribution in [2.75, 3.05) is 0 Å². The number of nitrogens with zero attached hydrogens (tertiary/aromatic N) is 1. The third kappa shape index (κ3) is 2.16. The molecule has 1 aromatic heterocycles. The van der Waals surface area contributed by atoms with Crippen LogP contribution in [0.15, 0.2) is 21.5 Å². The van der Waals surface area contributed by atoms with Crippen LogP contribution >= 0.6 is 15.9 Å². The van der Waals surface area contributed by atoms with E-state index in [0.717, 1.165) is 12.8 Å². The summed E-state index contributed by atoms with van der Waals surface area (Å²) in [5.74, 6) is -2.10. The van der Waals surface area contributed by atoms with Crippen molar-refractivity contribution in [3.63, 3.8) is 0 Å². The van der Waals surface area contributed by atoms with Crippen molar-refractivity contribution in [3.05, 3.63) is 43.9 Å². The predicted molar refractivity (Wildman–Crippen MR) is 77.0 cm³/mol. The van der Waals surface area contributed by atoms with Gasteiger partial charge in [0.05, 0.1) is 22.0 Å². The van der Waals surface area contributed by atoms with Crippen molar-refractivity contribution in [2.24, 2.45) is 0 Å². The van der Waals surface area contributed by atoms with Gasteiger partial charge in [-0.1, -0.05) is 0 Å². The lowest BCUT2D eigenvalue weighted by atomic mass is 10.0. The highest BCUT2D eigenvalue weighted by atomic mass is 79.9. The molecule has 0 aliphatic heterocycles. The van der Waals surface area contributed by atoms with Crippen LogP contribution in [0, 0.1) is 5.82 Å². The number of aromatic nitrogens is 1. The summed E-state index contributed by atoms with van der Waals surface area (Å²) in [6, 6.07) is 1.56. The molecule has 1 aliphatic rings. The Morgan fingerprint density at radius 2 is 2.14 bits per heavy atom. The van der Waals surface area contributed by atoms with Crippen LogP contribution in [-0.4, -0.2) is 20.7 Å². The lowest BCUT2D eigenvalue weighted by Gasteiger charge is -2.14.